The third-order valence-corrected chi connectivity index (χ3v) is 5.16. The van der Waals surface area contributed by atoms with Crippen LogP contribution in [0.5, 0.6) is 0 Å². The smallest absolute Gasteiger partial charge is 0.139 e. The first-order chi connectivity index (χ1) is 9.96. The fourth-order valence-electron chi connectivity index (χ4n) is 3.52. The SMILES string of the molecule is CC1(C)CCCN(c2nc3c(cc2C(N)=S)CCC3)CC1. The minimum absolute atomic E-state index is 0.425. The van der Waals surface area contributed by atoms with E-state index in [1.165, 1.54) is 36.9 Å². The summed E-state index contributed by atoms with van der Waals surface area (Å²) in [4.78, 5) is 7.83. The van der Waals surface area contributed by atoms with Crippen molar-refractivity contribution in [3.05, 3.63) is 22.9 Å². The zero-order valence-corrected chi connectivity index (χ0v) is 13.9. The van der Waals surface area contributed by atoms with Crippen LogP contribution >= 0.6 is 12.2 Å². The van der Waals surface area contributed by atoms with Gasteiger partial charge in [-0.05, 0) is 55.6 Å². The summed E-state index contributed by atoms with van der Waals surface area (Å²) in [7, 11) is 0. The Morgan fingerprint density at radius 1 is 1.24 bits per heavy atom. The van der Waals surface area contributed by atoms with E-state index in [4.69, 9.17) is 22.9 Å². The van der Waals surface area contributed by atoms with E-state index < -0.39 is 0 Å². The molecule has 2 aliphatic rings. The molecule has 0 saturated carbocycles. The minimum Gasteiger partial charge on any atom is -0.389 e. The molecule has 0 bridgehead atoms. The molecule has 1 aromatic rings. The highest BCUT2D eigenvalue weighted by Gasteiger charge is 2.26. The second kappa shape index (κ2) is 5.56. The van der Waals surface area contributed by atoms with E-state index in [1.807, 2.05) is 0 Å². The standard InChI is InChI=1S/C17H25N3S/c1-17(2)7-4-9-20(10-8-17)16-13(15(18)21)11-12-5-3-6-14(12)19-16/h11H,3-10H2,1-2H3,(H2,18,21). The Bertz CT molecular complexity index is 565. The Labute approximate surface area is 132 Å². The van der Waals surface area contributed by atoms with Crippen molar-refractivity contribution in [2.45, 2.75) is 52.4 Å². The van der Waals surface area contributed by atoms with Crippen LogP contribution in [0.1, 0.15) is 56.4 Å². The van der Waals surface area contributed by atoms with Crippen LogP contribution in [0.15, 0.2) is 6.07 Å². The molecule has 0 radical (unpaired) electrons. The van der Waals surface area contributed by atoms with E-state index in [0.29, 0.717) is 10.4 Å². The highest BCUT2D eigenvalue weighted by molar-refractivity contribution is 7.80. The number of hydrogen-bond acceptors (Lipinski definition) is 3. The minimum atomic E-state index is 0.425. The van der Waals surface area contributed by atoms with E-state index in [0.717, 1.165) is 37.3 Å². The number of nitrogens with two attached hydrogens (primary N) is 1. The van der Waals surface area contributed by atoms with Gasteiger partial charge in [0.05, 0.1) is 5.56 Å². The summed E-state index contributed by atoms with van der Waals surface area (Å²) in [6.45, 7) is 6.83. The Hall–Kier alpha value is -1.16. The topological polar surface area (TPSA) is 42.2 Å². The highest BCUT2D eigenvalue weighted by atomic mass is 32.1. The van der Waals surface area contributed by atoms with Gasteiger partial charge in [0.2, 0.25) is 0 Å². The van der Waals surface area contributed by atoms with Gasteiger partial charge in [0.1, 0.15) is 10.8 Å². The second-order valence-electron chi connectivity index (χ2n) is 7.19. The van der Waals surface area contributed by atoms with Crippen LogP contribution in [0.3, 0.4) is 0 Å². The molecule has 0 aromatic carbocycles. The van der Waals surface area contributed by atoms with Crippen LogP contribution < -0.4 is 10.6 Å². The molecule has 1 fully saturated rings. The molecule has 0 amide bonds. The lowest BCUT2D eigenvalue weighted by atomic mass is 9.85. The monoisotopic (exact) mass is 303 g/mol. The number of nitrogens with zero attached hydrogens (tertiary/aromatic N) is 2. The number of thiocarbonyl (C=S) groups is 1. The number of anilines is 1. The first kappa shape index (κ1) is 14.8. The molecule has 2 N–H and O–H groups in total. The predicted molar refractivity (Wildman–Crippen MR) is 92.0 cm³/mol. The fourth-order valence-corrected chi connectivity index (χ4v) is 3.67. The van der Waals surface area contributed by atoms with Gasteiger partial charge in [-0.15, -0.1) is 0 Å². The molecule has 4 heteroatoms. The molecule has 114 valence electrons. The highest BCUT2D eigenvalue weighted by Crippen LogP contribution is 2.33. The first-order valence-electron chi connectivity index (χ1n) is 8.04. The Kier molecular flexibility index (Phi) is 3.91. The van der Waals surface area contributed by atoms with Gasteiger partial charge in [-0.2, -0.15) is 0 Å². The van der Waals surface area contributed by atoms with Crippen LogP contribution in [0.2, 0.25) is 0 Å². The number of rotatable bonds is 2. The number of hydrogen-bond donors (Lipinski definition) is 1. The summed E-state index contributed by atoms with van der Waals surface area (Å²) in [5, 5.41) is 0. The number of aryl methyl sites for hydroxylation is 2. The van der Waals surface area contributed by atoms with E-state index in [-0.39, 0.29) is 0 Å². The zero-order chi connectivity index (χ0) is 15.0. The molecule has 21 heavy (non-hydrogen) atoms. The van der Waals surface area contributed by atoms with Crippen molar-refractivity contribution in [1.29, 1.82) is 0 Å². The van der Waals surface area contributed by atoms with Crippen LogP contribution in [-0.2, 0) is 12.8 Å². The first-order valence-corrected chi connectivity index (χ1v) is 8.45. The lowest BCUT2D eigenvalue weighted by Gasteiger charge is -2.26. The summed E-state index contributed by atoms with van der Waals surface area (Å²) < 4.78 is 0. The van der Waals surface area contributed by atoms with Crippen LogP contribution in [-0.4, -0.2) is 23.1 Å². The van der Waals surface area contributed by atoms with Gasteiger partial charge in [-0.1, -0.05) is 26.1 Å². The molecule has 0 atom stereocenters. The summed E-state index contributed by atoms with van der Waals surface area (Å²) in [6, 6.07) is 2.20. The summed E-state index contributed by atoms with van der Waals surface area (Å²) in [5.74, 6) is 1.03. The van der Waals surface area contributed by atoms with Gasteiger partial charge < -0.3 is 10.6 Å². The van der Waals surface area contributed by atoms with Crippen molar-refractivity contribution in [3.8, 4) is 0 Å². The number of aromatic nitrogens is 1. The summed E-state index contributed by atoms with van der Waals surface area (Å²) in [5.41, 5.74) is 9.98. The van der Waals surface area contributed by atoms with Crippen molar-refractivity contribution in [2.75, 3.05) is 18.0 Å². The fraction of sp³-hybridized carbons (Fsp3) is 0.647. The van der Waals surface area contributed by atoms with Crippen LogP contribution in [0, 0.1) is 5.41 Å². The van der Waals surface area contributed by atoms with Crippen molar-refractivity contribution in [2.24, 2.45) is 11.1 Å². The quantitative estimate of drug-likeness (QED) is 0.852. The van der Waals surface area contributed by atoms with Crippen LogP contribution in [0.4, 0.5) is 5.82 Å². The molecule has 1 aliphatic heterocycles. The molecule has 3 nitrogen and oxygen atoms in total. The van der Waals surface area contributed by atoms with E-state index in [2.05, 4.69) is 24.8 Å². The van der Waals surface area contributed by atoms with E-state index in [1.54, 1.807) is 0 Å². The lowest BCUT2D eigenvalue weighted by molar-refractivity contribution is 0.325. The van der Waals surface area contributed by atoms with Crippen molar-refractivity contribution in [3.63, 3.8) is 0 Å². The predicted octanol–water partition coefficient (Wildman–Crippen LogP) is 3.22. The zero-order valence-electron chi connectivity index (χ0n) is 13.1. The van der Waals surface area contributed by atoms with Crippen molar-refractivity contribution >= 4 is 23.0 Å². The molecule has 0 unspecified atom stereocenters. The number of pyridine rings is 1. The summed E-state index contributed by atoms with van der Waals surface area (Å²) >= 11 is 5.28. The Morgan fingerprint density at radius 3 is 2.81 bits per heavy atom. The lowest BCUT2D eigenvalue weighted by Crippen LogP contribution is -2.29. The Morgan fingerprint density at radius 2 is 2.05 bits per heavy atom. The molecular weight excluding hydrogens is 278 g/mol. The third-order valence-electron chi connectivity index (χ3n) is 4.94. The molecule has 1 saturated heterocycles. The third kappa shape index (κ3) is 3.05. The van der Waals surface area contributed by atoms with E-state index in [9.17, 15) is 0 Å². The van der Waals surface area contributed by atoms with Crippen molar-refractivity contribution < 1.29 is 0 Å². The average molecular weight is 303 g/mol. The van der Waals surface area contributed by atoms with Gasteiger partial charge >= 0.3 is 0 Å². The Balaban J connectivity index is 1.95. The van der Waals surface area contributed by atoms with Crippen LogP contribution in [0.25, 0.3) is 0 Å². The largest absolute Gasteiger partial charge is 0.389 e. The maximum absolute atomic E-state index is 5.97. The van der Waals surface area contributed by atoms with Gasteiger partial charge in [0.25, 0.3) is 0 Å². The molecule has 1 aromatic heterocycles. The van der Waals surface area contributed by atoms with Crippen molar-refractivity contribution in [1.82, 2.24) is 4.98 Å². The summed E-state index contributed by atoms with van der Waals surface area (Å²) in [6.07, 6.45) is 7.10. The second-order valence-corrected chi connectivity index (χ2v) is 7.63. The maximum atomic E-state index is 5.97. The van der Waals surface area contributed by atoms with E-state index >= 15 is 0 Å². The molecule has 0 spiro atoms. The van der Waals surface area contributed by atoms with Gasteiger partial charge in [0, 0.05) is 18.8 Å². The molecule has 3 rings (SSSR count). The maximum Gasteiger partial charge on any atom is 0.139 e. The molecular formula is C17H25N3S. The molecule has 2 heterocycles. The van der Waals surface area contributed by atoms with Gasteiger partial charge in [-0.25, -0.2) is 4.98 Å². The van der Waals surface area contributed by atoms with Gasteiger partial charge in [0.15, 0.2) is 0 Å². The van der Waals surface area contributed by atoms with Gasteiger partial charge in [-0.3, -0.25) is 0 Å². The number of fused-ring (bicyclic) bond motifs is 1. The average Bonchev–Trinajstić information content (AvgIpc) is 2.80. The molecule has 1 aliphatic carbocycles. The normalized spacial score (nSPS) is 21.0.